The molecule has 2 heterocycles. The molecule has 8 nitrogen and oxygen atoms in total. The molecule has 37 heavy (non-hydrogen) atoms. The van der Waals surface area contributed by atoms with Crippen LogP contribution in [-0.2, 0) is 4.74 Å². The van der Waals surface area contributed by atoms with Crippen molar-refractivity contribution >= 4 is 17.9 Å². The molecule has 2 aromatic carbocycles. The minimum Gasteiger partial charge on any atom is -0.444 e. The number of aliphatic hydroxyl groups excluding tert-OH is 1. The van der Waals surface area contributed by atoms with Gasteiger partial charge in [0.2, 0.25) is 5.96 Å². The van der Waals surface area contributed by atoms with Gasteiger partial charge in [-0.3, -0.25) is 5.32 Å². The van der Waals surface area contributed by atoms with Crippen LogP contribution < -0.4 is 5.32 Å². The van der Waals surface area contributed by atoms with E-state index in [1.54, 1.807) is 32.9 Å². The van der Waals surface area contributed by atoms with Crippen molar-refractivity contribution in [2.75, 3.05) is 13.1 Å². The van der Waals surface area contributed by atoms with E-state index in [1.807, 2.05) is 48.2 Å². The van der Waals surface area contributed by atoms with E-state index in [9.17, 15) is 14.3 Å². The molecule has 1 atom stereocenters. The number of amides is 1. The van der Waals surface area contributed by atoms with Gasteiger partial charge in [0.1, 0.15) is 11.4 Å². The Balaban J connectivity index is 1.54. The Labute approximate surface area is 216 Å². The molecule has 196 valence electrons. The van der Waals surface area contributed by atoms with Crippen LogP contribution in [0.1, 0.15) is 57.7 Å². The van der Waals surface area contributed by atoms with Gasteiger partial charge in [-0.05, 0) is 50.8 Å². The van der Waals surface area contributed by atoms with E-state index >= 15 is 0 Å². The number of rotatable bonds is 4. The van der Waals surface area contributed by atoms with Gasteiger partial charge in [-0.25, -0.2) is 9.18 Å². The van der Waals surface area contributed by atoms with Crippen LogP contribution in [0.25, 0.3) is 11.1 Å². The molecule has 2 N–H and O–H groups in total. The Morgan fingerprint density at radius 1 is 1.19 bits per heavy atom. The first-order chi connectivity index (χ1) is 17.6. The molecular weight excluding hydrogens is 475 g/mol. The Hall–Kier alpha value is -3.72. The quantitative estimate of drug-likeness (QED) is 0.351. The van der Waals surface area contributed by atoms with Crippen molar-refractivity contribution in [2.24, 2.45) is 4.99 Å². The number of aliphatic imine (C=N–C) groups is 1. The first kappa shape index (κ1) is 26.3. The highest BCUT2D eigenvalue weighted by Gasteiger charge is 2.25. The largest absolute Gasteiger partial charge is 0.444 e. The number of alkyl carbamates (subject to hydrolysis) is 1. The highest BCUT2D eigenvalue weighted by Crippen LogP contribution is 2.30. The van der Waals surface area contributed by atoms with Crippen LogP contribution in [0.5, 0.6) is 0 Å². The molecule has 1 unspecified atom stereocenters. The van der Waals surface area contributed by atoms with E-state index in [2.05, 4.69) is 15.5 Å². The van der Waals surface area contributed by atoms with E-state index in [1.165, 1.54) is 6.07 Å². The van der Waals surface area contributed by atoms with Gasteiger partial charge in [-0.1, -0.05) is 54.5 Å². The lowest BCUT2D eigenvalue weighted by molar-refractivity contribution is 0.0550. The topological polar surface area (TPSA) is 100 Å². The fourth-order valence-corrected chi connectivity index (χ4v) is 4.11. The third-order valence-corrected chi connectivity index (χ3v) is 6.13. The summed E-state index contributed by atoms with van der Waals surface area (Å²) in [6.07, 6.45) is 0.0844. The Bertz CT molecular complexity index is 1240. The predicted molar refractivity (Wildman–Crippen MR) is 139 cm³/mol. The number of ether oxygens (including phenoxy) is 1. The fraction of sp³-hybridized carbons (Fsp3) is 0.393. The van der Waals surface area contributed by atoms with Crippen molar-refractivity contribution in [1.82, 2.24) is 15.4 Å². The second kappa shape index (κ2) is 11.1. The summed E-state index contributed by atoms with van der Waals surface area (Å²) >= 11 is 0. The summed E-state index contributed by atoms with van der Waals surface area (Å²) in [6.45, 7) is 8.27. The molecular formula is C28H33FN4O4. The van der Waals surface area contributed by atoms with E-state index in [-0.39, 0.29) is 29.7 Å². The molecule has 1 amide bonds. The molecule has 0 aliphatic carbocycles. The van der Waals surface area contributed by atoms with Gasteiger partial charge in [-0.15, -0.1) is 0 Å². The summed E-state index contributed by atoms with van der Waals surface area (Å²) in [4.78, 5) is 18.8. The molecule has 1 aliphatic rings. The summed E-state index contributed by atoms with van der Waals surface area (Å²) in [5.41, 5.74) is 2.00. The molecule has 4 rings (SSSR count). The van der Waals surface area contributed by atoms with Crippen LogP contribution in [0, 0.1) is 5.82 Å². The zero-order valence-electron chi connectivity index (χ0n) is 21.6. The number of halogens is 1. The van der Waals surface area contributed by atoms with Crippen LogP contribution in [0.2, 0.25) is 0 Å². The Morgan fingerprint density at radius 2 is 1.89 bits per heavy atom. The molecule has 3 aromatic rings. The molecule has 0 spiro atoms. The lowest BCUT2D eigenvalue weighted by Gasteiger charge is -2.32. The number of carbonyl (C=O) groups excluding carboxylic acids is 1. The molecule has 0 bridgehead atoms. The molecule has 0 radical (unpaired) electrons. The minimum absolute atomic E-state index is 0.195. The van der Waals surface area contributed by atoms with Crippen molar-refractivity contribution in [3.63, 3.8) is 0 Å². The van der Waals surface area contributed by atoms with E-state index in [0.717, 1.165) is 11.1 Å². The number of aromatic nitrogens is 1. The first-order valence-electron chi connectivity index (χ1n) is 12.4. The minimum atomic E-state index is -0.673. The number of carbonyl (C=O) groups is 1. The summed E-state index contributed by atoms with van der Waals surface area (Å²) in [5.74, 6) is -0.108. The van der Waals surface area contributed by atoms with Crippen molar-refractivity contribution in [1.29, 1.82) is 0 Å². The zero-order chi connectivity index (χ0) is 26.6. The fourth-order valence-electron chi connectivity index (χ4n) is 4.11. The molecule has 1 fully saturated rings. The maximum absolute atomic E-state index is 14.9. The van der Waals surface area contributed by atoms with E-state index in [4.69, 9.17) is 9.26 Å². The van der Waals surface area contributed by atoms with Crippen molar-refractivity contribution in [3.8, 4) is 11.1 Å². The average molecular weight is 509 g/mol. The predicted octanol–water partition coefficient (Wildman–Crippen LogP) is 5.60. The second-order valence-electron chi connectivity index (χ2n) is 10.2. The number of nitrogens with zero attached hydrogens (tertiary/aromatic N) is 3. The number of nitrogens with one attached hydrogen (secondary N) is 1. The molecule has 1 aromatic heterocycles. The van der Waals surface area contributed by atoms with Crippen LogP contribution in [-0.4, -0.2) is 52.0 Å². The van der Waals surface area contributed by atoms with Gasteiger partial charge < -0.3 is 19.3 Å². The number of piperidine rings is 1. The monoisotopic (exact) mass is 508 g/mol. The van der Waals surface area contributed by atoms with Gasteiger partial charge in [-0.2, -0.15) is 4.99 Å². The third kappa shape index (κ3) is 6.95. The van der Waals surface area contributed by atoms with Gasteiger partial charge >= 0.3 is 6.09 Å². The maximum atomic E-state index is 14.9. The summed E-state index contributed by atoms with van der Waals surface area (Å²) in [7, 11) is 0. The number of hydrogen-bond donors (Lipinski definition) is 2. The highest BCUT2D eigenvalue weighted by molar-refractivity contribution is 5.95. The van der Waals surface area contributed by atoms with E-state index in [0.29, 0.717) is 37.2 Å². The number of hydrogen-bond acceptors (Lipinski definition) is 6. The Morgan fingerprint density at radius 3 is 2.54 bits per heavy atom. The maximum Gasteiger partial charge on any atom is 0.414 e. The van der Waals surface area contributed by atoms with Crippen molar-refractivity contribution in [3.05, 3.63) is 71.7 Å². The first-order valence-corrected chi connectivity index (χ1v) is 12.4. The summed E-state index contributed by atoms with van der Waals surface area (Å²) in [6, 6.07) is 16.2. The van der Waals surface area contributed by atoms with Crippen molar-refractivity contribution in [2.45, 2.75) is 58.2 Å². The lowest BCUT2D eigenvalue weighted by atomic mass is 9.95. The number of benzene rings is 2. The second-order valence-corrected chi connectivity index (χ2v) is 10.2. The number of likely N-dealkylation sites (tertiary alicyclic amines) is 1. The van der Waals surface area contributed by atoms with Crippen LogP contribution in [0.3, 0.4) is 0 Å². The van der Waals surface area contributed by atoms with Gasteiger partial charge in [0, 0.05) is 30.6 Å². The summed E-state index contributed by atoms with van der Waals surface area (Å²) in [5, 5.41) is 16.7. The number of guanidine groups is 1. The SMILES string of the molecule is CC(c1ccc(-c2ccccc2)c(F)c1)c1cc(/N=C(\NC(=O)OC(C)(C)C)N2CCC(O)CC2)on1. The van der Waals surface area contributed by atoms with Crippen molar-refractivity contribution < 1.29 is 23.6 Å². The standard InChI is InChI=1S/C28H33FN4O4/c1-18(20-10-11-22(23(29)16-20)19-8-6-5-7-9-19)24-17-25(37-32-24)30-26(31-27(35)36-28(2,3)4)33-14-12-21(34)13-15-33/h5-11,16-18,21,34H,12-15H2,1-4H3,(H,30,31,35). The van der Waals surface area contributed by atoms with Gasteiger partial charge in [0.25, 0.3) is 5.88 Å². The smallest absolute Gasteiger partial charge is 0.414 e. The molecule has 1 saturated heterocycles. The Kier molecular flexibility index (Phi) is 7.92. The normalized spacial score (nSPS) is 15.9. The summed E-state index contributed by atoms with van der Waals surface area (Å²) < 4.78 is 25.8. The van der Waals surface area contributed by atoms with Crippen LogP contribution >= 0.6 is 0 Å². The lowest BCUT2D eigenvalue weighted by Crippen LogP contribution is -2.49. The number of aliphatic hydroxyl groups is 1. The highest BCUT2D eigenvalue weighted by atomic mass is 19.1. The molecule has 1 aliphatic heterocycles. The average Bonchev–Trinajstić information content (AvgIpc) is 3.31. The van der Waals surface area contributed by atoms with Gasteiger partial charge in [0.05, 0.1) is 11.8 Å². The van der Waals surface area contributed by atoms with Gasteiger partial charge in [0.15, 0.2) is 0 Å². The van der Waals surface area contributed by atoms with Crippen LogP contribution in [0.15, 0.2) is 64.1 Å². The molecule has 9 heteroatoms. The van der Waals surface area contributed by atoms with Crippen LogP contribution in [0.4, 0.5) is 15.1 Å². The zero-order valence-corrected chi connectivity index (χ0v) is 21.6. The van der Waals surface area contributed by atoms with E-state index < -0.39 is 11.7 Å². The third-order valence-electron chi connectivity index (χ3n) is 6.13. The molecule has 0 saturated carbocycles.